The second-order valence-electron chi connectivity index (χ2n) is 6.70. The van der Waals surface area contributed by atoms with Crippen molar-refractivity contribution in [1.82, 2.24) is 10.3 Å². The van der Waals surface area contributed by atoms with Gasteiger partial charge in [0.25, 0.3) is 0 Å². The Morgan fingerprint density at radius 1 is 1.25 bits per heavy atom. The molecule has 1 aromatic heterocycles. The topological polar surface area (TPSA) is 24.9 Å². The molecule has 0 radical (unpaired) electrons. The minimum atomic E-state index is 0.157. The molecule has 0 amide bonds. The largest absolute Gasteiger partial charge is 0.307 e. The zero-order chi connectivity index (χ0) is 15.3. The molecule has 0 bridgehead atoms. The van der Waals surface area contributed by atoms with Gasteiger partial charge in [-0.2, -0.15) is 11.8 Å². The Balaban J connectivity index is 2.74. The summed E-state index contributed by atoms with van der Waals surface area (Å²) in [5, 5.41) is 5.59. The van der Waals surface area contributed by atoms with E-state index in [-0.39, 0.29) is 5.54 Å². The van der Waals surface area contributed by atoms with E-state index in [9.17, 15) is 0 Å². The molecule has 20 heavy (non-hydrogen) atoms. The number of nitrogens with one attached hydrogen (secondary N) is 1. The van der Waals surface area contributed by atoms with Crippen molar-refractivity contribution >= 4 is 23.1 Å². The molecule has 0 aliphatic heterocycles. The molecule has 1 aromatic rings. The summed E-state index contributed by atoms with van der Waals surface area (Å²) >= 11 is 3.90. The lowest BCUT2D eigenvalue weighted by Gasteiger charge is -2.20. The summed E-state index contributed by atoms with van der Waals surface area (Å²) in [4.78, 5) is 6.29. The van der Waals surface area contributed by atoms with Crippen LogP contribution in [-0.2, 0) is 12.3 Å². The number of thiazole rings is 1. The lowest BCUT2D eigenvalue weighted by Crippen LogP contribution is -2.35. The third-order valence-corrected chi connectivity index (χ3v) is 5.76. The lowest BCUT2D eigenvalue weighted by atomic mass is 10.1. The van der Waals surface area contributed by atoms with Gasteiger partial charge in [-0.1, -0.05) is 27.7 Å². The van der Waals surface area contributed by atoms with Gasteiger partial charge < -0.3 is 5.32 Å². The molecular weight excluding hydrogens is 284 g/mol. The molecular formula is C16H30N2S2. The van der Waals surface area contributed by atoms with Gasteiger partial charge in [-0.3, -0.25) is 0 Å². The van der Waals surface area contributed by atoms with Crippen molar-refractivity contribution in [1.29, 1.82) is 0 Å². The summed E-state index contributed by atoms with van der Waals surface area (Å²) in [6.07, 6.45) is 1.23. The summed E-state index contributed by atoms with van der Waals surface area (Å²) in [6, 6.07) is 0. The Morgan fingerprint density at radius 3 is 2.40 bits per heavy atom. The summed E-state index contributed by atoms with van der Waals surface area (Å²) in [5.74, 6) is 1.56. The fourth-order valence-electron chi connectivity index (χ4n) is 1.73. The summed E-state index contributed by atoms with van der Waals surface area (Å²) in [6.45, 7) is 16.6. The van der Waals surface area contributed by atoms with Gasteiger partial charge >= 0.3 is 0 Å². The number of hydrogen-bond acceptors (Lipinski definition) is 4. The van der Waals surface area contributed by atoms with Crippen molar-refractivity contribution < 1.29 is 0 Å². The minimum Gasteiger partial charge on any atom is -0.307 e. The van der Waals surface area contributed by atoms with Crippen molar-refractivity contribution in [3.05, 3.63) is 15.6 Å². The number of nitrogens with zero attached hydrogens (tertiary/aromatic N) is 1. The number of rotatable bonds is 7. The molecule has 1 atom stereocenters. The van der Waals surface area contributed by atoms with Crippen LogP contribution in [0.2, 0.25) is 0 Å². The van der Waals surface area contributed by atoms with E-state index in [0.717, 1.165) is 17.5 Å². The first-order chi connectivity index (χ1) is 9.23. The molecule has 1 rings (SSSR count). The first kappa shape index (κ1) is 18.0. The standard InChI is InChI=1S/C16H30N2S2/c1-8-12(4)19-10-14-18-15(11(2)3)13(20-14)9-17-16(5,6)7/h11-12,17H,8-10H2,1-7H3. The Hall–Kier alpha value is -0.0600. The lowest BCUT2D eigenvalue weighted by molar-refractivity contribution is 0.425. The van der Waals surface area contributed by atoms with Gasteiger partial charge in [0.15, 0.2) is 0 Å². The van der Waals surface area contributed by atoms with Crippen molar-refractivity contribution in [2.24, 2.45) is 0 Å². The molecule has 1 N–H and O–H groups in total. The van der Waals surface area contributed by atoms with Gasteiger partial charge in [0.2, 0.25) is 0 Å². The molecule has 0 fully saturated rings. The predicted molar refractivity (Wildman–Crippen MR) is 93.8 cm³/mol. The third-order valence-electron chi connectivity index (χ3n) is 3.16. The van der Waals surface area contributed by atoms with E-state index in [2.05, 4.69) is 53.8 Å². The van der Waals surface area contributed by atoms with E-state index >= 15 is 0 Å². The van der Waals surface area contributed by atoms with Crippen molar-refractivity contribution in [3.8, 4) is 0 Å². The zero-order valence-corrected chi connectivity index (χ0v) is 15.7. The van der Waals surface area contributed by atoms with Crippen molar-refractivity contribution in [2.45, 2.75) is 83.9 Å². The fourth-order valence-corrected chi connectivity index (χ4v) is 3.86. The van der Waals surface area contributed by atoms with E-state index in [4.69, 9.17) is 4.98 Å². The summed E-state index contributed by atoms with van der Waals surface area (Å²) in [7, 11) is 0. The second kappa shape index (κ2) is 7.81. The van der Waals surface area contributed by atoms with E-state index in [1.807, 2.05) is 23.1 Å². The molecule has 4 heteroatoms. The van der Waals surface area contributed by atoms with Crippen LogP contribution in [0, 0.1) is 0 Å². The smallest absolute Gasteiger partial charge is 0.103 e. The molecule has 0 aliphatic rings. The predicted octanol–water partition coefficient (Wildman–Crippen LogP) is 5.19. The van der Waals surface area contributed by atoms with Gasteiger partial charge in [0, 0.05) is 28.0 Å². The molecule has 0 spiro atoms. The normalized spacial score (nSPS) is 14.0. The van der Waals surface area contributed by atoms with Crippen LogP contribution in [0.4, 0.5) is 0 Å². The highest BCUT2D eigenvalue weighted by molar-refractivity contribution is 7.99. The Labute approximate surface area is 133 Å². The Kier molecular flexibility index (Phi) is 7.02. The quantitative estimate of drug-likeness (QED) is 0.750. The minimum absolute atomic E-state index is 0.157. The maximum atomic E-state index is 4.87. The second-order valence-corrected chi connectivity index (χ2v) is 9.30. The van der Waals surface area contributed by atoms with E-state index in [1.54, 1.807) is 0 Å². The van der Waals surface area contributed by atoms with Crippen LogP contribution in [0.1, 0.15) is 76.4 Å². The van der Waals surface area contributed by atoms with Crippen LogP contribution >= 0.6 is 23.1 Å². The highest BCUT2D eigenvalue weighted by Gasteiger charge is 2.17. The zero-order valence-electron chi connectivity index (χ0n) is 14.0. The van der Waals surface area contributed by atoms with Crippen LogP contribution in [-0.4, -0.2) is 15.8 Å². The maximum absolute atomic E-state index is 4.87. The molecule has 0 aromatic carbocycles. The highest BCUT2D eigenvalue weighted by Crippen LogP contribution is 2.29. The Bertz CT molecular complexity index is 405. The molecule has 1 unspecified atom stereocenters. The van der Waals surface area contributed by atoms with Crippen LogP contribution in [0.5, 0.6) is 0 Å². The summed E-state index contributed by atoms with van der Waals surface area (Å²) in [5.41, 5.74) is 1.44. The van der Waals surface area contributed by atoms with E-state index in [1.165, 1.54) is 22.0 Å². The average molecular weight is 315 g/mol. The summed E-state index contributed by atoms with van der Waals surface area (Å²) < 4.78 is 0. The van der Waals surface area contributed by atoms with Crippen LogP contribution in [0.25, 0.3) is 0 Å². The Morgan fingerprint density at radius 2 is 1.90 bits per heavy atom. The third kappa shape index (κ3) is 6.15. The molecule has 2 nitrogen and oxygen atoms in total. The maximum Gasteiger partial charge on any atom is 0.103 e. The fraction of sp³-hybridized carbons (Fsp3) is 0.812. The molecule has 116 valence electrons. The van der Waals surface area contributed by atoms with Crippen LogP contribution in [0.15, 0.2) is 0 Å². The van der Waals surface area contributed by atoms with Gasteiger partial charge in [0.05, 0.1) is 5.69 Å². The van der Waals surface area contributed by atoms with E-state index < -0.39 is 0 Å². The first-order valence-corrected chi connectivity index (χ1v) is 9.44. The number of hydrogen-bond donors (Lipinski definition) is 1. The van der Waals surface area contributed by atoms with E-state index in [0.29, 0.717) is 5.92 Å². The average Bonchev–Trinajstić information content (AvgIpc) is 2.76. The SMILES string of the molecule is CCC(C)SCc1nc(C(C)C)c(CNC(C)(C)C)s1. The van der Waals surface area contributed by atoms with Crippen molar-refractivity contribution in [3.63, 3.8) is 0 Å². The van der Waals surface area contributed by atoms with Gasteiger partial charge in [-0.05, 0) is 33.1 Å². The van der Waals surface area contributed by atoms with Gasteiger partial charge in [-0.25, -0.2) is 4.98 Å². The molecule has 0 saturated heterocycles. The van der Waals surface area contributed by atoms with Crippen LogP contribution < -0.4 is 5.32 Å². The van der Waals surface area contributed by atoms with Crippen LogP contribution in [0.3, 0.4) is 0 Å². The molecule has 0 saturated carbocycles. The number of thioether (sulfide) groups is 1. The highest BCUT2D eigenvalue weighted by atomic mass is 32.2. The van der Waals surface area contributed by atoms with Gasteiger partial charge in [0.1, 0.15) is 5.01 Å². The first-order valence-electron chi connectivity index (χ1n) is 7.58. The van der Waals surface area contributed by atoms with Crippen molar-refractivity contribution in [2.75, 3.05) is 0 Å². The van der Waals surface area contributed by atoms with Gasteiger partial charge in [-0.15, -0.1) is 11.3 Å². The molecule has 0 aliphatic carbocycles. The monoisotopic (exact) mass is 314 g/mol. The number of aromatic nitrogens is 1. The molecule has 1 heterocycles.